The molecule has 2 heterocycles. The van der Waals surface area contributed by atoms with Gasteiger partial charge in [0.25, 0.3) is 5.59 Å². The van der Waals surface area contributed by atoms with E-state index in [0.717, 1.165) is 12.1 Å². The molecule has 2 aliphatic rings. The van der Waals surface area contributed by atoms with Crippen LogP contribution in [0.1, 0.15) is 12.8 Å². The first-order chi connectivity index (χ1) is 7.30. The number of nitrogens with one attached hydrogen (secondary N) is 1. The third-order valence-corrected chi connectivity index (χ3v) is 5.33. The highest BCUT2D eigenvalue weighted by molar-refractivity contribution is 6.88. The molecule has 0 amide bonds. The maximum Gasteiger partial charge on any atom is 0.265 e. The van der Waals surface area contributed by atoms with E-state index in [1.807, 2.05) is 36.7 Å². The van der Waals surface area contributed by atoms with Crippen molar-refractivity contribution in [2.24, 2.45) is 0 Å². The minimum absolute atomic E-state index is 0.470. The molecule has 15 heavy (non-hydrogen) atoms. The van der Waals surface area contributed by atoms with Crippen molar-refractivity contribution in [2.45, 2.75) is 24.9 Å². The summed E-state index contributed by atoms with van der Waals surface area (Å²) in [6, 6.07) is 2.07. The van der Waals surface area contributed by atoms with Gasteiger partial charge in [-0.05, 0) is 24.2 Å². The van der Waals surface area contributed by atoms with Crippen molar-refractivity contribution in [1.29, 1.82) is 0 Å². The lowest BCUT2D eigenvalue weighted by Gasteiger charge is -1.94. The highest BCUT2D eigenvalue weighted by Crippen LogP contribution is 2.19. The van der Waals surface area contributed by atoms with Gasteiger partial charge in [0.15, 0.2) is 8.80 Å². The second-order valence-electron chi connectivity index (χ2n) is 3.59. The summed E-state index contributed by atoms with van der Waals surface area (Å²) >= 11 is 0. The van der Waals surface area contributed by atoms with Gasteiger partial charge in [-0.15, -0.1) is 0 Å². The summed E-state index contributed by atoms with van der Waals surface area (Å²) in [5, 5.41) is 11.4. The summed E-state index contributed by atoms with van der Waals surface area (Å²) in [7, 11) is -1.24. The van der Waals surface area contributed by atoms with Crippen LogP contribution < -0.4 is 5.32 Å². The molecule has 0 atom stereocenters. The molecule has 4 heteroatoms. The van der Waals surface area contributed by atoms with Gasteiger partial charge < -0.3 is 10.4 Å². The van der Waals surface area contributed by atoms with Crippen LogP contribution >= 0.6 is 0 Å². The number of rotatable bonds is 1. The molecule has 1 fully saturated rings. The van der Waals surface area contributed by atoms with Gasteiger partial charge in [0.2, 0.25) is 0 Å². The molecule has 1 saturated heterocycles. The van der Waals surface area contributed by atoms with E-state index in [4.69, 9.17) is 5.11 Å². The normalized spacial score (nSPS) is 18.9. The third kappa shape index (κ3) is 5.22. The first-order valence-electron chi connectivity index (χ1n) is 5.28. The molecule has 0 saturated carbocycles. The van der Waals surface area contributed by atoms with Gasteiger partial charge >= 0.3 is 0 Å². The minimum Gasteiger partial charge on any atom is -0.486 e. The van der Waals surface area contributed by atoms with Gasteiger partial charge in [-0.2, -0.15) is 0 Å². The lowest BCUT2D eigenvalue weighted by Crippen LogP contribution is -2.18. The first-order valence-corrected chi connectivity index (χ1v) is 7.49. The standard InChI is InChI=1S/C6H7N.C5H10O2Si/c1-2-4-6-7-5-3-1;6-5(7)8-3-1-2-4-8/h1-7H;8H,1-4H2,(H,6,7). The van der Waals surface area contributed by atoms with E-state index >= 15 is 0 Å². The lowest BCUT2D eigenvalue weighted by atomic mass is 10.4. The zero-order chi connectivity index (χ0) is 10.9. The van der Waals surface area contributed by atoms with Crippen molar-refractivity contribution in [3.05, 3.63) is 36.7 Å². The Morgan fingerprint density at radius 1 is 1.07 bits per heavy atom. The van der Waals surface area contributed by atoms with Crippen LogP contribution in [0.25, 0.3) is 0 Å². The number of hydrogen-bond donors (Lipinski definition) is 2. The molecule has 0 aromatic carbocycles. The predicted octanol–water partition coefficient (Wildman–Crippen LogP) is 2.44. The van der Waals surface area contributed by atoms with Gasteiger partial charge in [0.05, 0.1) is 0 Å². The summed E-state index contributed by atoms with van der Waals surface area (Å²) < 4.78 is 0. The van der Waals surface area contributed by atoms with E-state index in [1.54, 1.807) is 0 Å². The van der Waals surface area contributed by atoms with Crippen molar-refractivity contribution >= 4 is 14.4 Å². The predicted molar refractivity (Wildman–Crippen MR) is 64.6 cm³/mol. The highest BCUT2D eigenvalue weighted by Gasteiger charge is 2.23. The summed E-state index contributed by atoms with van der Waals surface area (Å²) in [6.45, 7) is 0. The van der Waals surface area contributed by atoms with Crippen LogP contribution in [0.4, 0.5) is 4.79 Å². The van der Waals surface area contributed by atoms with Crippen LogP contribution in [0.15, 0.2) is 36.7 Å². The topological polar surface area (TPSA) is 49.3 Å². The van der Waals surface area contributed by atoms with Gasteiger partial charge in [-0.25, -0.2) is 0 Å². The molecule has 0 spiro atoms. The lowest BCUT2D eigenvalue weighted by molar-refractivity contribution is 0.219. The van der Waals surface area contributed by atoms with Crippen molar-refractivity contribution < 1.29 is 9.90 Å². The van der Waals surface area contributed by atoms with E-state index in [9.17, 15) is 4.79 Å². The zero-order valence-corrected chi connectivity index (χ0v) is 9.88. The van der Waals surface area contributed by atoms with Gasteiger partial charge in [0, 0.05) is 12.4 Å². The quantitative estimate of drug-likeness (QED) is 0.671. The molecular weight excluding hydrogens is 206 g/mol. The fraction of sp³-hybridized carbons (Fsp3) is 0.364. The van der Waals surface area contributed by atoms with Gasteiger partial charge in [-0.1, -0.05) is 25.0 Å². The molecule has 3 nitrogen and oxygen atoms in total. The molecule has 0 aromatic rings. The van der Waals surface area contributed by atoms with E-state index in [2.05, 4.69) is 5.32 Å². The van der Waals surface area contributed by atoms with E-state index < -0.39 is 14.4 Å². The molecule has 2 N–H and O–H groups in total. The fourth-order valence-corrected chi connectivity index (χ4v) is 3.92. The Balaban J connectivity index is 0.000000151. The van der Waals surface area contributed by atoms with E-state index in [0.29, 0.717) is 0 Å². The monoisotopic (exact) mass is 223 g/mol. The molecule has 0 radical (unpaired) electrons. The highest BCUT2D eigenvalue weighted by atomic mass is 28.3. The smallest absolute Gasteiger partial charge is 0.265 e. The second-order valence-corrected chi connectivity index (χ2v) is 6.63. The largest absolute Gasteiger partial charge is 0.486 e. The third-order valence-electron chi connectivity index (χ3n) is 2.42. The number of hydrogen-bond acceptors (Lipinski definition) is 2. The molecule has 82 valence electrons. The molecular formula is C11H17NO2Si. The van der Waals surface area contributed by atoms with Crippen molar-refractivity contribution in [1.82, 2.24) is 5.32 Å². The van der Waals surface area contributed by atoms with Crippen LogP contribution in [0.5, 0.6) is 0 Å². The maximum atomic E-state index is 10.3. The summed E-state index contributed by atoms with van der Waals surface area (Å²) in [4.78, 5) is 10.3. The Morgan fingerprint density at radius 2 is 1.60 bits per heavy atom. The second kappa shape index (κ2) is 7.06. The van der Waals surface area contributed by atoms with E-state index in [1.165, 1.54) is 12.8 Å². The van der Waals surface area contributed by atoms with Crippen molar-refractivity contribution in [3.63, 3.8) is 0 Å². The summed E-state index contributed by atoms with van der Waals surface area (Å²) in [6.07, 6.45) is 13.9. The molecule has 2 rings (SSSR count). The Labute approximate surface area is 91.8 Å². The Hall–Kier alpha value is -1.29. The van der Waals surface area contributed by atoms with Gasteiger partial charge in [0.1, 0.15) is 0 Å². The minimum atomic E-state index is -1.24. The average Bonchev–Trinajstić information content (AvgIpc) is 2.60. The molecule has 0 aliphatic carbocycles. The van der Waals surface area contributed by atoms with Crippen LogP contribution in [-0.4, -0.2) is 19.5 Å². The first kappa shape index (κ1) is 11.8. The Bertz CT molecular complexity index is 264. The molecule has 2 aliphatic heterocycles. The van der Waals surface area contributed by atoms with Gasteiger partial charge in [-0.3, -0.25) is 4.79 Å². The summed E-state index contributed by atoms with van der Waals surface area (Å²) in [5.41, 5.74) is -0.470. The SMILES string of the molecule is C1=CC=CNC=C1.O=C(O)[SiH]1CCCC1. The van der Waals surface area contributed by atoms with Crippen LogP contribution in [-0.2, 0) is 0 Å². The number of allylic oxidation sites excluding steroid dienone is 4. The molecule has 0 aromatic heterocycles. The maximum absolute atomic E-state index is 10.3. The van der Waals surface area contributed by atoms with Crippen molar-refractivity contribution in [2.75, 3.05) is 0 Å². The Kier molecular flexibility index (Phi) is 5.54. The Morgan fingerprint density at radius 3 is 2.00 bits per heavy atom. The van der Waals surface area contributed by atoms with E-state index in [-0.39, 0.29) is 0 Å². The number of carboxylic acid groups (broad SMARTS) is 1. The van der Waals surface area contributed by atoms with Crippen molar-refractivity contribution in [3.8, 4) is 0 Å². The zero-order valence-electron chi connectivity index (χ0n) is 8.73. The fourth-order valence-electron chi connectivity index (χ4n) is 1.58. The number of carbonyl (C=O) groups is 1. The van der Waals surface area contributed by atoms with Crippen LogP contribution in [0.3, 0.4) is 0 Å². The molecule has 0 bridgehead atoms. The summed E-state index contributed by atoms with van der Waals surface area (Å²) in [5.74, 6) is 0. The van der Waals surface area contributed by atoms with Crippen LogP contribution in [0.2, 0.25) is 12.1 Å². The average molecular weight is 223 g/mol. The molecule has 0 unspecified atom stereocenters. The van der Waals surface area contributed by atoms with Crippen LogP contribution in [0, 0.1) is 0 Å².